The Morgan fingerprint density at radius 2 is 1.93 bits per heavy atom. The summed E-state index contributed by atoms with van der Waals surface area (Å²) in [7, 11) is -3.42. The van der Waals surface area contributed by atoms with Crippen LogP contribution in [0.2, 0.25) is 0 Å². The largest absolute Gasteiger partial charge is 0.228 e. The zero-order valence-corrected chi connectivity index (χ0v) is 9.14. The van der Waals surface area contributed by atoms with Crippen LogP contribution in [0.3, 0.4) is 0 Å². The highest BCUT2D eigenvalue weighted by molar-refractivity contribution is 7.89. The summed E-state index contributed by atoms with van der Waals surface area (Å²) in [5, 5.41) is 4.65. The van der Waals surface area contributed by atoms with E-state index in [-0.39, 0.29) is 12.4 Å². The first-order valence-electron chi connectivity index (χ1n) is 4.18. The summed E-state index contributed by atoms with van der Waals surface area (Å²) in [6.45, 7) is 0. The lowest BCUT2D eigenvalue weighted by molar-refractivity contribution is 0.582. The summed E-state index contributed by atoms with van der Waals surface area (Å²) in [6, 6.07) is 7.57. The van der Waals surface area contributed by atoms with Crippen LogP contribution in [0.1, 0.15) is 22.8 Å². The van der Waals surface area contributed by atoms with Crippen LogP contribution in [0.15, 0.2) is 24.3 Å². The summed E-state index contributed by atoms with van der Waals surface area (Å²) in [4.78, 5) is 0. The molecular formula is C9H12ClNO2S. The van der Waals surface area contributed by atoms with Gasteiger partial charge in [0.15, 0.2) is 0 Å². The van der Waals surface area contributed by atoms with Crippen LogP contribution in [0.5, 0.6) is 0 Å². The van der Waals surface area contributed by atoms with Gasteiger partial charge in [0, 0.05) is 0 Å². The molecule has 0 bridgehead atoms. The molecule has 14 heavy (non-hydrogen) atoms. The van der Waals surface area contributed by atoms with Gasteiger partial charge < -0.3 is 0 Å². The van der Waals surface area contributed by atoms with E-state index in [9.17, 15) is 8.42 Å². The smallest absolute Gasteiger partial charge is 0.216 e. The molecule has 1 aliphatic carbocycles. The van der Waals surface area contributed by atoms with Gasteiger partial charge in [0.25, 0.3) is 0 Å². The number of hydrogen-bond acceptors (Lipinski definition) is 2. The second kappa shape index (κ2) is 3.88. The molecule has 0 fully saturated rings. The fourth-order valence-electron chi connectivity index (χ4n) is 1.86. The molecule has 0 saturated carbocycles. The van der Waals surface area contributed by atoms with E-state index in [1.54, 1.807) is 0 Å². The molecule has 1 atom stereocenters. The van der Waals surface area contributed by atoms with Crippen molar-refractivity contribution in [3.8, 4) is 0 Å². The number of aryl methyl sites for hydroxylation is 1. The van der Waals surface area contributed by atoms with E-state index in [1.807, 2.05) is 24.3 Å². The molecule has 1 aromatic carbocycles. The zero-order chi connectivity index (χ0) is 9.47. The average Bonchev–Trinajstić information content (AvgIpc) is 2.45. The first kappa shape index (κ1) is 11.5. The van der Waals surface area contributed by atoms with Gasteiger partial charge >= 0.3 is 0 Å². The van der Waals surface area contributed by atoms with Gasteiger partial charge in [-0.25, -0.2) is 13.6 Å². The van der Waals surface area contributed by atoms with Gasteiger partial charge in [-0.2, -0.15) is 0 Å². The first-order chi connectivity index (χ1) is 6.09. The number of benzene rings is 1. The fraction of sp³-hybridized carbons (Fsp3) is 0.333. The first-order valence-corrected chi connectivity index (χ1v) is 5.79. The van der Waals surface area contributed by atoms with E-state index in [1.165, 1.54) is 0 Å². The summed E-state index contributed by atoms with van der Waals surface area (Å²) in [5.41, 5.74) is 1.99. The molecule has 78 valence electrons. The highest BCUT2D eigenvalue weighted by Gasteiger charge is 2.30. The van der Waals surface area contributed by atoms with Crippen molar-refractivity contribution in [2.75, 3.05) is 0 Å². The molecule has 1 aliphatic rings. The summed E-state index contributed by atoms with van der Waals surface area (Å²) < 4.78 is 22.3. The van der Waals surface area contributed by atoms with Crippen molar-refractivity contribution in [1.82, 2.24) is 0 Å². The molecule has 0 heterocycles. The van der Waals surface area contributed by atoms with E-state index in [0.29, 0.717) is 6.42 Å². The number of fused-ring (bicyclic) bond motifs is 1. The van der Waals surface area contributed by atoms with Gasteiger partial charge in [0.2, 0.25) is 10.0 Å². The molecule has 0 saturated heterocycles. The van der Waals surface area contributed by atoms with Crippen LogP contribution in [-0.2, 0) is 16.4 Å². The van der Waals surface area contributed by atoms with Gasteiger partial charge in [-0.15, -0.1) is 12.4 Å². The maximum absolute atomic E-state index is 11.2. The average molecular weight is 234 g/mol. The highest BCUT2D eigenvalue weighted by atomic mass is 35.5. The minimum Gasteiger partial charge on any atom is -0.228 e. The van der Waals surface area contributed by atoms with Gasteiger partial charge in [0.1, 0.15) is 5.25 Å². The maximum atomic E-state index is 11.2. The SMILES string of the molecule is Cl.NS(=O)(=O)C1CCc2ccccc21. The summed E-state index contributed by atoms with van der Waals surface area (Å²) in [5.74, 6) is 0. The molecule has 2 rings (SSSR count). The molecule has 1 aromatic rings. The van der Waals surface area contributed by atoms with E-state index in [0.717, 1.165) is 17.5 Å². The van der Waals surface area contributed by atoms with Crippen LogP contribution in [0.25, 0.3) is 0 Å². The third kappa shape index (κ3) is 1.92. The Labute approximate surface area is 89.8 Å². The monoisotopic (exact) mass is 233 g/mol. The van der Waals surface area contributed by atoms with Crippen LogP contribution in [-0.4, -0.2) is 8.42 Å². The summed E-state index contributed by atoms with van der Waals surface area (Å²) in [6.07, 6.45) is 1.44. The quantitative estimate of drug-likeness (QED) is 0.797. The van der Waals surface area contributed by atoms with Crippen molar-refractivity contribution in [3.63, 3.8) is 0 Å². The Bertz CT molecular complexity index is 430. The molecule has 0 aromatic heterocycles. The van der Waals surface area contributed by atoms with Crippen molar-refractivity contribution in [2.24, 2.45) is 5.14 Å². The molecule has 0 radical (unpaired) electrons. The van der Waals surface area contributed by atoms with Crippen molar-refractivity contribution in [3.05, 3.63) is 35.4 Å². The Kier molecular flexibility index (Phi) is 3.19. The molecule has 5 heteroatoms. The molecule has 1 unspecified atom stereocenters. The van der Waals surface area contributed by atoms with Crippen molar-refractivity contribution in [1.29, 1.82) is 0 Å². The molecule has 0 amide bonds. The molecule has 3 nitrogen and oxygen atoms in total. The predicted octanol–water partition coefficient (Wildman–Crippen LogP) is 1.38. The van der Waals surface area contributed by atoms with E-state index >= 15 is 0 Å². The Morgan fingerprint density at radius 3 is 2.57 bits per heavy atom. The lowest BCUT2D eigenvalue weighted by atomic mass is 10.1. The highest BCUT2D eigenvalue weighted by Crippen LogP contribution is 2.35. The Morgan fingerprint density at radius 1 is 1.29 bits per heavy atom. The van der Waals surface area contributed by atoms with Crippen LogP contribution < -0.4 is 5.14 Å². The van der Waals surface area contributed by atoms with Crippen LogP contribution in [0.4, 0.5) is 0 Å². The second-order valence-electron chi connectivity index (χ2n) is 3.32. The topological polar surface area (TPSA) is 60.2 Å². The van der Waals surface area contributed by atoms with Crippen molar-refractivity contribution in [2.45, 2.75) is 18.1 Å². The Hall–Kier alpha value is -0.580. The third-order valence-electron chi connectivity index (χ3n) is 2.47. The minimum absolute atomic E-state index is 0. The predicted molar refractivity (Wildman–Crippen MR) is 57.9 cm³/mol. The van der Waals surface area contributed by atoms with Crippen molar-refractivity contribution < 1.29 is 8.42 Å². The number of sulfonamides is 1. The fourth-order valence-corrected chi connectivity index (χ4v) is 2.89. The number of nitrogens with two attached hydrogens (primary N) is 1. The number of halogens is 1. The van der Waals surface area contributed by atoms with E-state index in [4.69, 9.17) is 5.14 Å². The van der Waals surface area contributed by atoms with Crippen molar-refractivity contribution >= 4 is 22.4 Å². The van der Waals surface area contributed by atoms with Gasteiger partial charge in [-0.05, 0) is 24.0 Å². The van der Waals surface area contributed by atoms with Gasteiger partial charge in [-0.3, -0.25) is 0 Å². The standard InChI is InChI=1S/C9H11NO2S.ClH/c10-13(11,12)9-6-5-7-3-1-2-4-8(7)9;/h1-4,9H,5-6H2,(H2,10,11,12);1H. The van der Waals surface area contributed by atoms with Crippen LogP contribution in [0, 0.1) is 0 Å². The zero-order valence-electron chi connectivity index (χ0n) is 7.51. The van der Waals surface area contributed by atoms with Gasteiger partial charge in [0.05, 0.1) is 0 Å². The molecular weight excluding hydrogens is 222 g/mol. The number of hydrogen-bond donors (Lipinski definition) is 1. The van der Waals surface area contributed by atoms with Gasteiger partial charge in [-0.1, -0.05) is 24.3 Å². The normalized spacial score (nSPS) is 19.9. The molecule has 0 spiro atoms. The lowest BCUT2D eigenvalue weighted by Crippen LogP contribution is -2.19. The lowest BCUT2D eigenvalue weighted by Gasteiger charge is -2.07. The second-order valence-corrected chi connectivity index (χ2v) is 5.06. The van der Waals surface area contributed by atoms with Crippen LogP contribution >= 0.6 is 12.4 Å². The molecule has 2 N–H and O–H groups in total. The molecule has 0 aliphatic heterocycles. The Balaban J connectivity index is 0.000000980. The van der Waals surface area contributed by atoms with E-state index < -0.39 is 15.3 Å². The van der Waals surface area contributed by atoms with E-state index in [2.05, 4.69) is 0 Å². The number of rotatable bonds is 1. The summed E-state index contributed by atoms with van der Waals surface area (Å²) >= 11 is 0. The maximum Gasteiger partial charge on any atom is 0.216 e. The number of primary sulfonamides is 1. The minimum atomic E-state index is -3.42. The third-order valence-corrected chi connectivity index (χ3v) is 3.76.